The molecule has 1 heterocycles. The Morgan fingerprint density at radius 1 is 1.35 bits per heavy atom. The summed E-state index contributed by atoms with van der Waals surface area (Å²) in [5.41, 5.74) is 1.54. The van der Waals surface area contributed by atoms with Crippen LogP contribution in [0.2, 0.25) is 0 Å². The zero-order valence-electron chi connectivity index (χ0n) is 10.8. The second-order valence-corrected chi connectivity index (χ2v) is 4.12. The SMILES string of the molecule is Cc1noc(C)c1CC(=O)OCCOC(C)C. The standard InChI is InChI=1S/C12H19NO4/c1-8(2)15-5-6-16-12(14)7-11-9(3)13-17-10(11)4/h8H,5-7H2,1-4H3. The van der Waals surface area contributed by atoms with E-state index in [1.165, 1.54) is 0 Å². The monoisotopic (exact) mass is 241 g/mol. The van der Waals surface area contributed by atoms with Crippen molar-refractivity contribution >= 4 is 5.97 Å². The van der Waals surface area contributed by atoms with Crippen LogP contribution in [0.3, 0.4) is 0 Å². The summed E-state index contributed by atoms with van der Waals surface area (Å²) in [5.74, 6) is 0.379. The minimum Gasteiger partial charge on any atom is -0.463 e. The summed E-state index contributed by atoms with van der Waals surface area (Å²) in [6.45, 7) is 8.16. The maximum atomic E-state index is 11.5. The number of aromatic nitrogens is 1. The molecule has 0 spiro atoms. The maximum Gasteiger partial charge on any atom is 0.310 e. The molecule has 0 saturated heterocycles. The zero-order valence-corrected chi connectivity index (χ0v) is 10.8. The Labute approximate surface area is 101 Å². The average Bonchev–Trinajstić information content (AvgIpc) is 2.56. The number of carbonyl (C=O) groups is 1. The van der Waals surface area contributed by atoms with Gasteiger partial charge in [-0.1, -0.05) is 5.16 Å². The van der Waals surface area contributed by atoms with Crippen LogP contribution in [0.4, 0.5) is 0 Å². The van der Waals surface area contributed by atoms with E-state index in [9.17, 15) is 4.79 Å². The lowest BCUT2D eigenvalue weighted by Crippen LogP contribution is -2.15. The van der Waals surface area contributed by atoms with E-state index in [4.69, 9.17) is 14.0 Å². The van der Waals surface area contributed by atoms with Crippen molar-refractivity contribution in [3.05, 3.63) is 17.0 Å². The smallest absolute Gasteiger partial charge is 0.310 e. The maximum absolute atomic E-state index is 11.5. The lowest BCUT2D eigenvalue weighted by atomic mass is 10.1. The van der Waals surface area contributed by atoms with Crippen LogP contribution in [-0.4, -0.2) is 30.4 Å². The minimum absolute atomic E-state index is 0.149. The second kappa shape index (κ2) is 6.39. The number of ether oxygens (including phenoxy) is 2. The van der Waals surface area contributed by atoms with Crippen molar-refractivity contribution in [2.45, 2.75) is 40.2 Å². The largest absolute Gasteiger partial charge is 0.463 e. The van der Waals surface area contributed by atoms with E-state index in [0.29, 0.717) is 12.4 Å². The summed E-state index contributed by atoms with van der Waals surface area (Å²) in [7, 11) is 0. The van der Waals surface area contributed by atoms with Gasteiger partial charge in [0.2, 0.25) is 0 Å². The highest BCUT2D eigenvalue weighted by atomic mass is 16.6. The molecule has 0 aliphatic heterocycles. The van der Waals surface area contributed by atoms with Gasteiger partial charge in [-0.05, 0) is 27.7 Å². The van der Waals surface area contributed by atoms with Crippen LogP contribution in [0, 0.1) is 13.8 Å². The predicted molar refractivity (Wildman–Crippen MR) is 61.7 cm³/mol. The van der Waals surface area contributed by atoms with Crippen LogP contribution in [0.25, 0.3) is 0 Å². The van der Waals surface area contributed by atoms with Crippen LogP contribution in [-0.2, 0) is 20.7 Å². The molecule has 0 radical (unpaired) electrons. The third-order valence-electron chi connectivity index (χ3n) is 2.30. The molecule has 0 unspecified atom stereocenters. The van der Waals surface area contributed by atoms with Gasteiger partial charge in [0.25, 0.3) is 0 Å². The van der Waals surface area contributed by atoms with Crippen molar-refractivity contribution in [3.63, 3.8) is 0 Å². The third-order valence-corrected chi connectivity index (χ3v) is 2.30. The number of hydrogen-bond donors (Lipinski definition) is 0. The number of rotatable bonds is 6. The Morgan fingerprint density at radius 3 is 2.59 bits per heavy atom. The number of nitrogens with zero attached hydrogens (tertiary/aromatic N) is 1. The molecule has 0 fully saturated rings. The van der Waals surface area contributed by atoms with Gasteiger partial charge in [0, 0.05) is 5.56 Å². The Bertz CT molecular complexity index is 351. The molecule has 1 aromatic heterocycles. The van der Waals surface area contributed by atoms with Crippen LogP contribution >= 0.6 is 0 Å². The summed E-state index contributed by atoms with van der Waals surface area (Å²) < 4.78 is 15.3. The Morgan fingerprint density at radius 2 is 2.06 bits per heavy atom. The number of esters is 1. The van der Waals surface area contributed by atoms with Gasteiger partial charge in [-0.2, -0.15) is 0 Å². The van der Waals surface area contributed by atoms with E-state index in [1.54, 1.807) is 13.8 Å². The molecule has 1 aromatic rings. The first-order valence-electron chi connectivity index (χ1n) is 5.69. The fraction of sp³-hybridized carbons (Fsp3) is 0.667. The van der Waals surface area contributed by atoms with Crippen molar-refractivity contribution in [1.29, 1.82) is 0 Å². The fourth-order valence-electron chi connectivity index (χ4n) is 1.39. The summed E-state index contributed by atoms with van der Waals surface area (Å²) in [6.07, 6.45) is 0.347. The second-order valence-electron chi connectivity index (χ2n) is 4.12. The van der Waals surface area contributed by atoms with Gasteiger partial charge >= 0.3 is 5.97 Å². The summed E-state index contributed by atoms with van der Waals surface area (Å²) in [4.78, 5) is 11.5. The first kappa shape index (κ1) is 13.7. The highest BCUT2D eigenvalue weighted by Crippen LogP contribution is 2.13. The summed E-state index contributed by atoms with van der Waals surface area (Å²) in [5, 5.41) is 3.78. The Kier molecular flexibility index (Phi) is 5.15. The molecule has 1 rings (SSSR count). The number of carbonyl (C=O) groups excluding carboxylic acids is 1. The molecule has 0 saturated carbocycles. The molecule has 5 nitrogen and oxygen atoms in total. The highest BCUT2D eigenvalue weighted by molar-refractivity contribution is 5.73. The number of hydrogen-bond acceptors (Lipinski definition) is 5. The van der Waals surface area contributed by atoms with E-state index in [0.717, 1.165) is 11.3 Å². The van der Waals surface area contributed by atoms with Gasteiger partial charge < -0.3 is 14.0 Å². The van der Waals surface area contributed by atoms with Crippen molar-refractivity contribution in [1.82, 2.24) is 5.16 Å². The highest BCUT2D eigenvalue weighted by Gasteiger charge is 2.14. The molecule has 0 atom stereocenters. The molecule has 0 aromatic carbocycles. The van der Waals surface area contributed by atoms with Crippen molar-refractivity contribution in [2.75, 3.05) is 13.2 Å². The van der Waals surface area contributed by atoms with Crippen molar-refractivity contribution < 1.29 is 18.8 Å². The van der Waals surface area contributed by atoms with Crippen LogP contribution in [0.15, 0.2) is 4.52 Å². The van der Waals surface area contributed by atoms with Gasteiger partial charge in [0.05, 0.1) is 24.8 Å². The van der Waals surface area contributed by atoms with Crippen LogP contribution in [0.1, 0.15) is 30.9 Å². The van der Waals surface area contributed by atoms with E-state index < -0.39 is 0 Å². The van der Waals surface area contributed by atoms with Gasteiger partial charge in [-0.3, -0.25) is 4.79 Å². The van der Waals surface area contributed by atoms with E-state index in [2.05, 4.69) is 5.16 Å². The third kappa shape index (κ3) is 4.56. The first-order chi connectivity index (χ1) is 8.00. The quantitative estimate of drug-likeness (QED) is 0.561. The lowest BCUT2D eigenvalue weighted by molar-refractivity contribution is -0.144. The van der Waals surface area contributed by atoms with Gasteiger partial charge in [0.15, 0.2) is 0 Å². The van der Waals surface area contributed by atoms with E-state index >= 15 is 0 Å². The first-order valence-corrected chi connectivity index (χ1v) is 5.69. The van der Waals surface area contributed by atoms with Crippen LogP contribution < -0.4 is 0 Å². The topological polar surface area (TPSA) is 61.6 Å². The zero-order chi connectivity index (χ0) is 12.8. The molecular weight excluding hydrogens is 222 g/mol. The van der Waals surface area contributed by atoms with Crippen molar-refractivity contribution in [2.24, 2.45) is 0 Å². The summed E-state index contributed by atoms with van der Waals surface area (Å²) in [6, 6.07) is 0. The van der Waals surface area contributed by atoms with Crippen molar-refractivity contribution in [3.8, 4) is 0 Å². The van der Waals surface area contributed by atoms with Gasteiger partial charge in [-0.25, -0.2) is 0 Å². The van der Waals surface area contributed by atoms with Gasteiger partial charge in [0.1, 0.15) is 12.4 Å². The van der Waals surface area contributed by atoms with E-state index in [1.807, 2.05) is 13.8 Å². The molecule has 0 aliphatic rings. The average molecular weight is 241 g/mol. The summed E-state index contributed by atoms with van der Waals surface area (Å²) >= 11 is 0. The Balaban J connectivity index is 2.30. The lowest BCUT2D eigenvalue weighted by Gasteiger charge is -2.08. The molecule has 5 heteroatoms. The normalized spacial score (nSPS) is 10.9. The Hall–Kier alpha value is -1.36. The number of aryl methyl sites for hydroxylation is 2. The molecular formula is C12H19NO4. The van der Waals surface area contributed by atoms with Crippen LogP contribution in [0.5, 0.6) is 0 Å². The molecule has 0 aliphatic carbocycles. The molecule has 0 N–H and O–H groups in total. The molecule has 96 valence electrons. The fourth-order valence-corrected chi connectivity index (χ4v) is 1.39. The molecule has 0 bridgehead atoms. The minimum atomic E-state index is -0.285. The molecule has 0 amide bonds. The molecule has 17 heavy (non-hydrogen) atoms. The van der Waals surface area contributed by atoms with E-state index in [-0.39, 0.29) is 25.1 Å². The predicted octanol–water partition coefficient (Wildman–Crippen LogP) is 1.80. The van der Waals surface area contributed by atoms with Gasteiger partial charge in [-0.15, -0.1) is 0 Å².